The van der Waals surface area contributed by atoms with Crippen molar-refractivity contribution in [2.45, 2.75) is 37.4 Å². The van der Waals surface area contributed by atoms with Crippen LogP contribution >= 0.6 is 11.6 Å². The van der Waals surface area contributed by atoms with Crippen LogP contribution in [0, 0.1) is 0 Å². The Morgan fingerprint density at radius 3 is 2.47 bits per heavy atom. The Morgan fingerprint density at radius 1 is 1.16 bits per heavy atom. The number of hydrogen-bond donors (Lipinski definition) is 1. The van der Waals surface area contributed by atoms with Crippen molar-refractivity contribution in [3.8, 4) is 5.75 Å². The third kappa shape index (κ3) is 6.66. The van der Waals surface area contributed by atoms with Crippen LogP contribution in [0.25, 0.3) is 0 Å². The van der Waals surface area contributed by atoms with Crippen LogP contribution in [-0.4, -0.2) is 74.3 Å². The minimum absolute atomic E-state index is 0.0489. The van der Waals surface area contributed by atoms with Crippen LogP contribution in [0.2, 0.25) is 5.02 Å². The zero-order valence-electron chi connectivity index (χ0n) is 18.5. The highest BCUT2D eigenvalue weighted by atomic mass is 35.5. The fraction of sp³-hybridized carbons (Fsp3) is 0.478. The van der Waals surface area contributed by atoms with Gasteiger partial charge in [-0.15, -0.1) is 0 Å². The lowest BCUT2D eigenvalue weighted by Crippen LogP contribution is -2.40. The molecule has 0 radical (unpaired) electrons. The van der Waals surface area contributed by atoms with Gasteiger partial charge in [-0.1, -0.05) is 41.9 Å². The molecular weight excluding hydrogens is 452 g/mol. The molecule has 0 saturated carbocycles. The lowest BCUT2D eigenvalue weighted by molar-refractivity contribution is 0.0543. The summed E-state index contributed by atoms with van der Waals surface area (Å²) < 4.78 is 37.9. The van der Waals surface area contributed by atoms with Crippen LogP contribution < -0.4 is 4.74 Å². The van der Waals surface area contributed by atoms with Gasteiger partial charge in [0.1, 0.15) is 18.5 Å². The molecular formula is C23H31ClN2O5S. The van der Waals surface area contributed by atoms with Gasteiger partial charge < -0.3 is 14.6 Å². The lowest BCUT2D eigenvalue weighted by atomic mass is 10.1. The number of aliphatic hydroxyl groups is 1. The van der Waals surface area contributed by atoms with E-state index in [1.54, 1.807) is 0 Å². The molecule has 0 amide bonds. The molecule has 2 aromatic rings. The van der Waals surface area contributed by atoms with Crippen molar-refractivity contribution < 1.29 is 23.0 Å². The van der Waals surface area contributed by atoms with E-state index in [0.717, 1.165) is 6.54 Å². The molecule has 1 fully saturated rings. The molecule has 2 aromatic carbocycles. The van der Waals surface area contributed by atoms with Crippen molar-refractivity contribution in [2.75, 3.05) is 39.5 Å². The quantitative estimate of drug-likeness (QED) is 0.560. The maximum absolute atomic E-state index is 12.8. The third-order valence-electron chi connectivity index (χ3n) is 5.35. The topological polar surface area (TPSA) is 79.3 Å². The zero-order chi connectivity index (χ0) is 23.1. The number of hydrogen-bond acceptors (Lipinski definition) is 6. The molecule has 0 spiro atoms. The molecule has 176 valence electrons. The number of rotatable bonds is 10. The lowest BCUT2D eigenvalue weighted by Gasteiger charge is -2.29. The Hall–Kier alpha value is -1.68. The van der Waals surface area contributed by atoms with E-state index in [1.807, 2.05) is 18.2 Å². The van der Waals surface area contributed by atoms with E-state index >= 15 is 0 Å². The van der Waals surface area contributed by atoms with E-state index < -0.39 is 16.1 Å². The summed E-state index contributed by atoms with van der Waals surface area (Å²) >= 11 is 6.30. The molecule has 0 aliphatic carbocycles. The molecule has 0 unspecified atom stereocenters. The van der Waals surface area contributed by atoms with Crippen molar-refractivity contribution in [2.24, 2.45) is 0 Å². The van der Waals surface area contributed by atoms with Gasteiger partial charge in [0.15, 0.2) is 0 Å². The van der Waals surface area contributed by atoms with Crippen LogP contribution in [0.15, 0.2) is 53.4 Å². The first-order valence-corrected chi connectivity index (χ1v) is 12.6. The summed E-state index contributed by atoms with van der Waals surface area (Å²) in [6, 6.07) is 14.8. The van der Waals surface area contributed by atoms with E-state index in [2.05, 4.69) is 30.9 Å². The van der Waals surface area contributed by atoms with E-state index in [4.69, 9.17) is 21.1 Å². The standard InChI is InChI=1S/C23H31ClN2O5S/c1-18(2)25(15-19-6-4-3-5-7-19)16-20(27)17-31-23-9-8-21(14-22(23)24)32(28,29)26-10-12-30-13-11-26/h3-9,14,18,20,27H,10-13,15-17H2,1-2H3/t20-/m0/s1. The van der Waals surface area contributed by atoms with Gasteiger partial charge in [0, 0.05) is 32.2 Å². The molecule has 0 aromatic heterocycles. The van der Waals surface area contributed by atoms with Gasteiger partial charge in [-0.05, 0) is 37.6 Å². The fourth-order valence-corrected chi connectivity index (χ4v) is 5.21. The Labute approximate surface area is 195 Å². The molecule has 9 heteroatoms. The van der Waals surface area contributed by atoms with Crippen LogP contribution in [0.3, 0.4) is 0 Å². The predicted octanol–water partition coefficient (Wildman–Crippen LogP) is 3.01. The van der Waals surface area contributed by atoms with Gasteiger partial charge in [0.05, 0.1) is 23.1 Å². The van der Waals surface area contributed by atoms with E-state index in [1.165, 1.54) is 28.1 Å². The minimum Gasteiger partial charge on any atom is -0.489 e. The Bertz CT molecular complexity index is 966. The van der Waals surface area contributed by atoms with E-state index in [-0.39, 0.29) is 22.6 Å². The Kier molecular flexibility index (Phi) is 8.93. The monoisotopic (exact) mass is 482 g/mol. The molecule has 1 atom stereocenters. The van der Waals surface area contributed by atoms with E-state index in [0.29, 0.717) is 38.6 Å². The molecule has 1 aliphatic heterocycles. The molecule has 32 heavy (non-hydrogen) atoms. The SMILES string of the molecule is CC(C)N(Cc1ccccc1)C[C@H](O)COc1ccc(S(=O)(=O)N2CCOCC2)cc1Cl. The van der Waals surface area contributed by atoms with Gasteiger partial charge in [-0.2, -0.15) is 4.31 Å². The number of halogens is 1. The summed E-state index contributed by atoms with van der Waals surface area (Å²) in [6.07, 6.45) is -0.728. The number of nitrogens with zero attached hydrogens (tertiary/aromatic N) is 2. The number of ether oxygens (including phenoxy) is 2. The zero-order valence-corrected chi connectivity index (χ0v) is 20.1. The van der Waals surface area contributed by atoms with Crippen molar-refractivity contribution >= 4 is 21.6 Å². The van der Waals surface area contributed by atoms with Gasteiger partial charge >= 0.3 is 0 Å². The van der Waals surface area contributed by atoms with Crippen molar-refractivity contribution in [1.82, 2.24) is 9.21 Å². The predicted molar refractivity (Wildman–Crippen MR) is 125 cm³/mol. The minimum atomic E-state index is -3.63. The van der Waals surface area contributed by atoms with Crippen LogP contribution in [0.4, 0.5) is 0 Å². The first-order valence-electron chi connectivity index (χ1n) is 10.7. The largest absolute Gasteiger partial charge is 0.489 e. The summed E-state index contributed by atoms with van der Waals surface area (Å²) in [5, 5.41) is 10.7. The second kappa shape index (κ2) is 11.4. The molecule has 7 nitrogen and oxygen atoms in total. The molecule has 3 rings (SSSR count). The van der Waals surface area contributed by atoms with Gasteiger partial charge in [-0.3, -0.25) is 4.90 Å². The van der Waals surface area contributed by atoms with Gasteiger partial charge in [0.2, 0.25) is 10.0 Å². The normalized spacial score (nSPS) is 16.4. The number of morpholine rings is 1. The van der Waals surface area contributed by atoms with Crippen LogP contribution in [0.1, 0.15) is 19.4 Å². The maximum Gasteiger partial charge on any atom is 0.243 e. The smallest absolute Gasteiger partial charge is 0.243 e. The highest BCUT2D eigenvalue weighted by Crippen LogP contribution is 2.29. The Morgan fingerprint density at radius 2 is 1.84 bits per heavy atom. The third-order valence-corrected chi connectivity index (χ3v) is 7.54. The fourth-order valence-electron chi connectivity index (χ4n) is 3.48. The molecule has 1 saturated heterocycles. The summed E-state index contributed by atoms with van der Waals surface area (Å²) in [5.41, 5.74) is 1.18. The summed E-state index contributed by atoms with van der Waals surface area (Å²) in [6.45, 7) is 6.78. The van der Waals surface area contributed by atoms with Crippen LogP contribution in [-0.2, 0) is 21.3 Å². The number of sulfonamides is 1. The second-order valence-electron chi connectivity index (χ2n) is 8.08. The Balaban J connectivity index is 1.58. The second-order valence-corrected chi connectivity index (χ2v) is 10.4. The average Bonchev–Trinajstić information content (AvgIpc) is 2.79. The maximum atomic E-state index is 12.8. The number of aliphatic hydroxyl groups excluding tert-OH is 1. The molecule has 0 bridgehead atoms. The highest BCUT2D eigenvalue weighted by Gasteiger charge is 2.27. The van der Waals surface area contributed by atoms with Crippen molar-refractivity contribution in [3.63, 3.8) is 0 Å². The van der Waals surface area contributed by atoms with Crippen molar-refractivity contribution in [3.05, 3.63) is 59.1 Å². The average molecular weight is 483 g/mol. The first kappa shape index (κ1) is 25.0. The van der Waals surface area contributed by atoms with Gasteiger partial charge in [0.25, 0.3) is 0 Å². The molecule has 1 aliphatic rings. The van der Waals surface area contributed by atoms with Gasteiger partial charge in [-0.25, -0.2) is 8.42 Å². The summed E-state index contributed by atoms with van der Waals surface area (Å²) in [5.74, 6) is 0.339. The molecule has 1 N–H and O–H groups in total. The van der Waals surface area contributed by atoms with Crippen LogP contribution in [0.5, 0.6) is 5.75 Å². The number of benzene rings is 2. The van der Waals surface area contributed by atoms with E-state index in [9.17, 15) is 13.5 Å². The summed E-state index contributed by atoms with van der Waals surface area (Å²) in [7, 11) is -3.63. The first-order chi connectivity index (χ1) is 15.3. The van der Waals surface area contributed by atoms with Crippen molar-refractivity contribution in [1.29, 1.82) is 0 Å². The molecule has 1 heterocycles. The highest BCUT2D eigenvalue weighted by molar-refractivity contribution is 7.89. The summed E-state index contributed by atoms with van der Waals surface area (Å²) in [4.78, 5) is 2.29.